The summed E-state index contributed by atoms with van der Waals surface area (Å²) in [7, 11) is 0. The molecule has 2 amide bonds. The third kappa shape index (κ3) is 8.62. The quantitative estimate of drug-likeness (QED) is 0.347. The topological polar surface area (TPSA) is 67.9 Å². The molecule has 0 fully saturated rings. The van der Waals surface area contributed by atoms with E-state index in [-0.39, 0.29) is 30.8 Å². The molecule has 35 heavy (non-hydrogen) atoms. The largest absolute Gasteiger partial charge is 0.490 e. The number of aryl methyl sites for hydroxylation is 1. The number of carbonyl (C=O) groups excluding carboxylic acids is 2. The zero-order valence-corrected chi connectivity index (χ0v) is 22.7. The van der Waals surface area contributed by atoms with E-state index in [0.717, 1.165) is 11.1 Å². The molecule has 2 rings (SSSR count). The third-order valence-corrected chi connectivity index (χ3v) is 5.99. The van der Waals surface area contributed by atoms with Gasteiger partial charge in [0, 0.05) is 29.1 Å². The Morgan fingerprint density at radius 1 is 0.971 bits per heavy atom. The first-order valence-electron chi connectivity index (χ1n) is 12.1. The lowest BCUT2D eigenvalue weighted by Gasteiger charge is -2.31. The molecule has 0 heterocycles. The van der Waals surface area contributed by atoms with Gasteiger partial charge in [-0.2, -0.15) is 0 Å². The highest BCUT2D eigenvalue weighted by molar-refractivity contribution is 6.35. The predicted molar refractivity (Wildman–Crippen MR) is 141 cm³/mol. The van der Waals surface area contributed by atoms with Gasteiger partial charge in [0.2, 0.25) is 11.8 Å². The van der Waals surface area contributed by atoms with Gasteiger partial charge < -0.3 is 19.7 Å². The highest BCUT2D eigenvalue weighted by atomic mass is 35.5. The second kappa shape index (κ2) is 14.2. The Bertz CT molecular complexity index is 997. The van der Waals surface area contributed by atoms with Gasteiger partial charge in [-0.1, -0.05) is 42.3 Å². The molecule has 6 nitrogen and oxygen atoms in total. The van der Waals surface area contributed by atoms with Gasteiger partial charge in [-0.15, -0.1) is 0 Å². The van der Waals surface area contributed by atoms with Crippen molar-refractivity contribution >= 4 is 35.0 Å². The van der Waals surface area contributed by atoms with E-state index < -0.39 is 6.04 Å². The van der Waals surface area contributed by atoms with E-state index in [1.54, 1.807) is 23.1 Å². The number of carbonyl (C=O) groups is 2. The van der Waals surface area contributed by atoms with Gasteiger partial charge in [-0.05, 0) is 75.9 Å². The number of rotatable bonds is 13. The molecule has 0 unspecified atom stereocenters. The van der Waals surface area contributed by atoms with Crippen molar-refractivity contribution in [2.24, 2.45) is 0 Å². The molecule has 0 spiro atoms. The summed E-state index contributed by atoms with van der Waals surface area (Å²) in [5.74, 6) is 1.03. The summed E-state index contributed by atoms with van der Waals surface area (Å²) in [6.45, 7) is 10.8. The van der Waals surface area contributed by atoms with Crippen LogP contribution in [0.2, 0.25) is 10.0 Å². The van der Waals surface area contributed by atoms with E-state index in [2.05, 4.69) is 5.32 Å². The minimum atomic E-state index is -0.615. The fourth-order valence-corrected chi connectivity index (χ4v) is 4.25. The van der Waals surface area contributed by atoms with Gasteiger partial charge in [0.1, 0.15) is 6.04 Å². The summed E-state index contributed by atoms with van der Waals surface area (Å²) in [5.41, 5.74) is 1.69. The lowest BCUT2D eigenvalue weighted by Crippen LogP contribution is -2.50. The number of nitrogens with one attached hydrogen (secondary N) is 1. The number of hydrogen-bond donors (Lipinski definition) is 1. The van der Waals surface area contributed by atoms with E-state index in [1.165, 1.54) is 0 Å². The first kappa shape index (κ1) is 28.8. The van der Waals surface area contributed by atoms with E-state index in [1.807, 2.05) is 52.8 Å². The first-order chi connectivity index (χ1) is 16.7. The van der Waals surface area contributed by atoms with Gasteiger partial charge >= 0.3 is 0 Å². The maximum absolute atomic E-state index is 13.5. The van der Waals surface area contributed by atoms with Gasteiger partial charge in [0.15, 0.2) is 11.5 Å². The van der Waals surface area contributed by atoms with Gasteiger partial charge in [-0.3, -0.25) is 9.59 Å². The van der Waals surface area contributed by atoms with Gasteiger partial charge in [0.05, 0.1) is 13.2 Å². The lowest BCUT2D eigenvalue weighted by atomic mass is 10.1. The second-order valence-electron chi connectivity index (χ2n) is 8.49. The maximum atomic E-state index is 13.5. The van der Waals surface area contributed by atoms with Crippen molar-refractivity contribution in [1.82, 2.24) is 10.2 Å². The normalized spacial score (nSPS) is 11.8. The molecule has 0 aliphatic carbocycles. The van der Waals surface area contributed by atoms with Crippen molar-refractivity contribution in [3.8, 4) is 11.5 Å². The van der Waals surface area contributed by atoms with Crippen LogP contribution in [0.1, 0.15) is 58.6 Å². The molecular formula is C27H36Cl2N2O4. The highest BCUT2D eigenvalue weighted by Gasteiger charge is 2.29. The molecule has 2 aromatic rings. The third-order valence-electron chi connectivity index (χ3n) is 5.41. The molecular weight excluding hydrogens is 487 g/mol. The standard InChI is InChI=1S/C27H36Cl2N2O4/c1-6-23(27(33)30-18(4)5)31(17-20-11-12-21(28)16-22(20)29)26(32)14-10-19-9-13-24(34-7-2)25(15-19)35-8-3/h9,11-13,15-16,18,23H,6-8,10,14,17H2,1-5H3,(H,30,33)/t23-/m0/s1. The minimum Gasteiger partial charge on any atom is -0.490 e. The van der Waals surface area contributed by atoms with Crippen molar-refractivity contribution in [3.05, 3.63) is 57.6 Å². The summed E-state index contributed by atoms with van der Waals surface area (Å²) in [5, 5.41) is 3.91. The Morgan fingerprint density at radius 3 is 2.26 bits per heavy atom. The van der Waals surface area contributed by atoms with Crippen LogP contribution in [-0.2, 0) is 22.6 Å². The van der Waals surface area contributed by atoms with Crippen LogP contribution in [0.4, 0.5) is 0 Å². The van der Waals surface area contributed by atoms with Crippen LogP contribution in [-0.4, -0.2) is 42.0 Å². The average Bonchev–Trinajstić information content (AvgIpc) is 2.80. The van der Waals surface area contributed by atoms with Crippen molar-refractivity contribution in [3.63, 3.8) is 0 Å². The Balaban J connectivity index is 2.27. The van der Waals surface area contributed by atoms with Gasteiger partial charge in [-0.25, -0.2) is 0 Å². The number of amides is 2. The maximum Gasteiger partial charge on any atom is 0.243 e. The zero-order valence-electron chi connectivity index (χ0n) is 21.2. The van der Waals surface area contributed by atoms with Crippen LogP contribution in [0.3, 0.4) is 0 Å². The smallest absolute Gasteiger partial charge is 0.243 e. The number of nitrogens with zero attached hydrogens (tertiary/aromatic N) is 1. The Kier molecular flexibility index (Phi) is 11.7. The Labute approximate surface area is 218 Å². The van der Waals surface area contributed by atoms with Crippen molar-refractivity contribution < 1.29 is 19.1 Å². The van der Waals surface area contributed by atoms with Crippen LogP contribution < -0.4 is 14.8 Å². The van der Waals surface area contributed by atoms with Crippen LogP contribution in [0, 0.1) is 0 Å². The molecule has 0 aliphatic heterocycles. The summed E-state index contributed by atoms with van der Waals surface area (Å²) < 4.78 is 11.3. The molecule has 8 heteroatoms. The summed E-state index contributed by atoms with van der Waals surface area (Å²) in [6.07, 6.45) is 1.21. The van der Waals surface area contributed by atoms with Crippen molar-refractivity contribution in [1.29, 1.82) is 0 Å². The monoisotopic (exact) mass is 522 g/mol. The second-order valence-corrected chi connectivity index (χ2v) is 9.34. The highest BCUT2D eigenvalue weighted by Crippen LogP contribution is 2.29. The number of ether oxygens (including phenoxy) is 2. The molecule has 192 valence electrons. The van der Waals surface area contributed by atoms with Crippen molar-refractivity contribution in [2.45, 2.75) is 72.5 Å². The molecule has 0 aliphatic rings. The number of hydrogen-bond acceptors (Lipinski definition) is 4. The molecule has 1 atom stereocenters. The first-order valence-corrected chi connectivity index (χ1v) is 12.9. The van der Waals surface area contributed by atoms with Crippen LogP contribution >= 0.6 is 23.2 Å². The number of halogens is 2. The SMILES string of the molecule is CCOc1ccc(CCC(=O)N(Cc2ccc(Cl)cc2Cl)[C@@H](CC)C(=O)NC(C)C)cc1OCC. The Morgan fingerprint density at radius 2 is 1.66 bits per heavy atom. The summed E-state index contributed by atoms with van der Waals surface area (Å²) >= 11 is 12.5. The molecule has 0 bridgehead atoms. The molecule has 0 saturated carbocycles. The average molecular weight is 524 g/mol. The molecule has 0 saturated heterocycles. The zero-order chi connectivity index (χ0) is 26.0. The van der Waals surface area contributed by atoms with E-state index in [9.17, 15) is 9.59 Å². The fraction of sp³-hybridized carbons (Fsp3) is 0.481. The van der Waals surface area contributed by atoms with Crippen LogP contribution in [0.5, 0.6) is 11.5 Å². The van der Waals surface area contributed by atoms with Crippen LogP contribution in [0.25, 0.3) is 0 Å². The van der Waals surface area contributed by atoms with Gasteiger partial charge in [0.25, 0.3) is 0 Å². The fourth-order valence-electron chi connectivity index (χ4n) is 3.78. The van der Waals surface area contributed by atoms with E-state index >= 15 is 0 Å². The van der Waals surface area contributed by atoms with Crippen LogP contribution in [0.15, 0.2) is 36.4 Å². The molecule has 0 radical (unpaired) electrons. The number of benzene rings is 2. The Hall–Kier alpha value is -2.44. The molecule has 2 aromatic carbocycles. The molecule has 0 aromatic heterocycles. The van der Waals surface area contributed by atoms with E-state index in [4.69, 9.17) is 32.7 Å². The minimum absolute atomic E-state index is 0.0338. The lowest BCUT2D eigenvalue weighted by molar-refractivity contribution is -0.141. The van der Waals surface area contributed by atoms with Crippen molar-refractivity contribution in [2.75, 3.05) is 13.2 Å². The van der Waals surface area contributed by atoms with E-state index in [0.29, 0.717) is 47.6 Å². The summed E-state index contributed by atoms with van der Waals surface area (Å²) in [6, 6.07) is 10.2. The summed E-state index contributed by atoms with van der Waals surface area (Å²) in [4.78, 5) is 28.1. The predicted octanol–water partition coefficient (Wildman–Crippen LogP) is 6.06. The molecule has 1 N–H and O–H groups in total.